The van der Waals surface area contributed by atoms with E-state index >= 15 is 0 Å². The van der Waals surface area contributed by atoms with Gasteiger partial charge in [0, 0.05) is 11.6 Å². The monoisotopic (exact) mass is 527 g/mol. The van der Waals surface area contributed by atoms with Gasteiger partial charge in [-0.1, -0.05) is 47.4 Å². The van der Waals surface area contributed by atoms with E-state index in [0.29, 0.717) is 5.76 Å². The minimum atomic E-state index is -4.65. The largest absolute Gasteiger partial charge is 0.417 e. The second kappa shape index (κ2) is 11.0. The number of aryl methyl sites for hydroxylation is 2. The van der Waals surface area contributed by atoms with Crippen LogP contribution in [0.3, 0.4) is 0 Å². The van der Waals surface area contributed by atoms with Crippen LogP contribution in [0.1, 0.15) is 58.2 Å². The van der Waals surface area contributed by atoms with Gasteiger partial charge in [-0.2, -0.15) is 13.2 Å². The quantitative estimate of drug-likeness (QED) is 0.389. The topological polar surface area (TPSA) is 67.2 Å². The number of amides is 1. The molecule has 0 spiro atoms. The Balaban J connectivity index is 0.00000342. The lowest BCUT2D eigenvalue weighted by atomic mass is 9.90. The first-order valence-electron chi connectivity index (χ1n) is 11.1. The van der Waals surface area contributed by atoms with Crippen molar-refractivity contribution < 1.29 is 22.5 Å². The Kier molecular flexibility index (Phi) is 8.51. The fraction of sp³-hybridized carbons (Fsp3) is 0.360. The number of halogens is 5. The number of carbonyl (C=O) groups is 1. The van der Waals surface area contributed by atoms with Gasteiger partial charge in [-0.15, -0.1) is 12.4 Å². The van der Waals surface area contributed by atoms with Crippen molar-refractivity contribution in [2.75, 3.05) is 6.54 Å². The third kappa shape index (κ3) is 5.82. The zero-order valence-electron chi connectivity index (χ0n) is 19.2. The van der Waals surface area contributed by atoms with Gasteiger partial charge in [0.1, 0.15) is 5.76 Å². The standard InChI is InChI=1S/C25H25ClF3N3O2.ClH/c1-14-21(15(2)34-32-14)16-7-5-8-17(13-16)23(20-11-3-4-12-30-20)31-24(33)18-9-6-10-19(22(18)26)25(27,28)29;/h5-10,13,20,23,30H,3-4,11-12H2,1-2H3,(H,31,33);1H/t20-,23?;/m0./s1. The van der Waals surface area contributed by atoms with Gasteiger partial charge < -0.3 is 15.2 Å². The van der Waals surface area contributed by atoms with Gasteiger partial charge in [0.05, 0.1) is 27.9 Å². The second-order valence-corrected chi connectivity index (χ2v) is 8.88. The highest BCUT2D eigenvalue weighted by molar-refractivity contribution is 6.34. The van der Waals surface area contributed by atoms with Crippen LogP contribution in [0, 0.1) is 13.8 Å². The summed E-state index contributed by atoms with van der Waals surface area (Å²) in [6.45, 7) is 4.49. The molecule has 0 saturated carbocycles. The summed E-state index contributed by atoms with van der Waals surface area (Å²) in [7, 11) is 0. The molecule has 2 aromatic carbocycles. The highest BCUT2D eigenvalue weighted by Crippen LogP contribution is 2.37. The summed E-state index contributed by atoms with van der Waals surface area (Å²) in [5.74, 6) is 0.0259. The molecule has 1 aliphatic heterocycles. The van der Waals surface area contributed by atoms with E-state index in [1.165, 1.54) is 12.1 Å². The first-order valence-corrected chi connectivity index (χ1v) is 11.5. The molecule has 2 atom stereocenters. The molecule has 0 aliphatic carbocycles. The molecular weight excluding hydrogens is 502 g/mol. The minimum Gasteiger partial charge on any atom is -0.361 e. The number of piperidine rings is 1. The van der Waals surface area contributed by atoms with Crippen molar-refractivity contribution >= 4 is 29.9 Å². The molecule has 0 bridgehead atoms. The van der Waals surface area contributed by atoms with Crippen LogP contribution in [0.25, 0.3) is 11.1 Å². The molecule has 1 amide bonds. The third-order valence-electron chi connectivity index (χ3n) is 6.15. The molecule has 188 valence electrons. The molecule has 0 radical (unpaired) electrons. The molecular formula is C25H26Cl2F3N3O2. The predicted octanol–water partition coefficient (Wildman–Crippen LogP) is 6.67. The number of nitrogens with one attached hydrogen (secondary N) is 2. The molecule has 4 rings (SSSR count). The third-order valence-corrected chi connectivity index (χ3v) is 6.56. The van der Waals surface area contributed by atoms with Crippen LogP contribution in [0.4, 0.5) is 13.2 Å². The molecule has 1 unspecified atom stereocenters. The molecule has 5 nitrogen and oxygen atoms in total. The molecule has 2 N–H and O–H groups in total. The zero-order valence-corrected chi connectivity index (χ0v) is 20.8. The van der Waals surface area contributed by atoms with Gasteiger partial charge in [0.2, 0.25) is 0 Å². The Bertz CT molecular complexity index is 1170. The van der Waals surface area contributed by atoms with Crippen molar-refractivity contribution in [2.45, 2.75) is 51.4 Å². The van der Waals surface area contributed by atoms with Crippen LogP contribution >= 0.6 is 24.0 Å². The molecule has 2 heterocycles. The van der Waals surface area contributed by atoms with Gasteiger partial charge >= 0.3 is 6.18 Å². The Labute approximate surface area is 212 Å². The average Bonchev–Trinajstić information content (AvgIpc) is 3.15. The molecule has 1 fully saturated rings. The number of hydrogen-bond donors (Lipinski definition) is 2. The molecule has 1 saturated heterocycles. The second-order valence-electron chi connectivity index (χ2n) is 8.50. The molecule has 3 aromatic rings. The number of alkyl halides is 3. The van der Waals surface area contributed by atoms with Crippen molar-refractivity contribution in [1.29, 1.82) is 0 Å². The first kappa shape index (κ1) is 27.0. The van der Waals surface area contributed by atoms with E-state index in [1.807, 2.05) is 38.1 Å². The van der Waals surface area contributed by atoms with Crippen LogP contribution in [0.2, 0.25) is 5.02 Å². The number of aromatic nitrogens is 1. The normalized spacial score (nSPS) is 16.9. The van der Waals surface area contributed by atoms with Crippen molar-refractivity contribution in [3.63, 3.8) is 0 Å². The van der Waals surface area contributed by atoms with Crippen LogP contribution in [-0.2, 0) is 6.18 Å². The molecule has 1 aromatic heterocycles. The summed E-state index contributed by atoms with van der Waals surface area (Å²) < 4.78 is 45.2. The number of hydrogen-bond acceptors (Lipinski definition) is 4. The summed E-state index contributed by atoms with van der Waals surface area (Å²) in [5.41, 5.74) is 2.11. The summed E-state index contributed by atoms with van der Waals surface area (Å²) >= 11 is 6.02. The van der Waals surface area contributed by atoms with Crippen molar-refractivity contribution in [1.82, 2.24) is 15.8 Å². The minimum absolute atomic E-state index is 0. The van der Waals surface area contributed by atoms with E-state index in [2.05, 4.69) is 15.8 Å². The number of rotatable bonds is 5. The lowest BCUT2D eigenvalue weighted by Gasteiger charge is -2.32. The van der Waals surface area contributed by atoms with E-state index in [0.717, 1.165) is 54.3 Å². The van der Waals surface area contributed by atoms with E-state index in [1.54, 1.807) is 0 Å². The average molecular weight is 528 g/mol. The van der Waals surface area contributed by atoms with Crippen LogP contribution in [0.5, 0.6) is 0 Å². The Morgan fingerprint density at radius 3 is 2.57 bits per heavy atom. The summed E-state index contributed by atoms with van der Waals surface area (Å²) in [4.78, 5) is 13.2. The smallest absolute Gasteiger partial charge is 0.361 e. The Hall–Kier alpha value is -2.55. The molecule has 35 heavy (non-hydrogen) atoms. The SMILES string of the molecule is Cc1noc(C)c1-c1cccc(C(NC(=O)c2cccc(C(F)(F)F)c2Cl)[C@@H]2CCCCN2)c1.Cl. The lowest BCUT2D eigenvalue weighted by Crippen LogP contribution is -2.46. The lowest BCUT2D eigenvalue weighted by molar-refractivity contribution is -0.137. The number of benzene rings is 2. The molecule has 10 heteroatoms. The van der Waals surface area contributed by atoms with Crippen LogP contribution < -0.4 is 10.6 Å². The maximum absolute atomic E-state index is 13.3. The highest BCUT2D eigenvalue weighted by Gasteiger charge is 2.35. The predicted molar refractivity (Wildman–Crippen MR) is 131 cm³/mol. The summed E-state index contributed by atoms with van der Waals surface area (Å²) in [6.07, 6.45) is -1.83. The number of nitrogens with zero attached hydrogens (tertiary/aromatic N) is 1. The van der Waals surface area contributed by atoms with Crippen molar-refractivity contribution in [3.8, 4) is 11.1 Å². The van der Waals surface area contributed by atoms with E-state index < -0.39 is 28.7 Å². The van der Waals surface area contributed by atoms with E-state index in [9.17, 15) is 18.0 Å². The molecule has 1 aliphatic rings. The first-order chi connectivity index (χ1) is 16.2. The van der Waals surface area contributed by atoms with Crippen LogP contribution in [0.15, 0.2) is 47.0 Å². The maximum atomic E-state index is 13.3. The van der Waals surface area contributed by atoms with Gasteiger partial charge in [-0.25, -0.2) is 0 Å². The van der Waals surface area contributed by atoms with E-state index in [-0.39, 0.29) is 24.0 Å². The fourth-order valence-corrected chi connectivity index (χ4v) is 4.83. The van der Waals surface area contributed by atoms with Crippen LogP contribution in [-0.4, -0.2) is 23.7 Å². The van der Waals surface area contributed by atoms with Gasteiger partial charge in [-0.3, -0.25) is 4.79 Å². The Morgan fingerprint density at radius 2 is 1.94 bits per heavy atom. The maximum Gasteiger partial charge on any atom is 0.417 e. The van der Waals surface area contributed by atoms with Crippen molar-refractivity contribution in [2.24, 2.45) is 0 Å². The zero-order chi connectivity index (χ0) is 24.5. The van der Waals surface area contributed by atoms with Gasteiger partial charge in [0.15, 0.2) is 0 Å². The van der Waals surface area contributed by atoms with E-state index in [4.69, 9.17) is 16.1 Å². The van der Waals surface area contributed by atoms with Crippen molar-refractivity contribution in [3.05, 3.63) is 75.6 Å². The van der Waals surface area contributed by atoms with Gasteiger partial charge in [0.25, 0.3) is 5.91 Å². The Morgan fingerprint density at radius 1 is 1.20 bits per heavy atom. The van der Waals surface area contributed by atoms with Gasteiger partial charge in [-0.05, 0) is 62.6 Å². The number of carbonyl (C=O) groups excluding carboxylic acids is 1. The highest BCUT2D eigenvalue weighted by atomic mass is 35.5. The fourth-order valence-electron chi connectivity index (χ4n) is 4.51. The summed E-state index contributed by atoms with van der Waals surface area (Å²) in [6, 6.07) is 10.5. The summed E-state index contributed by atoms with van der Waals surface area (Å²) in [5, 5.41) is 9.81.